The van der Waals surface area contributed by atoms with Crippen molar-refractivity contribution < 1.29 is 4.74 Å². The molecule has 1 aromatic carbocycles. The second-order valence-electron chi connectivity index (χ2n) is 4.39. The average Bonchev–Trinajstić information content (AvgIpc) is 2.39. The van der Waals surface area contributed by atoms with Gasteiger partial charge in [-0.25, -0.2) is 0 Å². The molecule has 0 aliphatic carbocycles. The summed E-state index contributed by atoms with van der Waals surface area (Å²) in [6, 6.07) is 11.8. The van der Waals surface area contributed by atoms with E-state index in [1.54, 1.807) is 6.20 Å². The molecule has 100 valence electrons. The van der Waals surface area contributed by atoms with E-state index in [0.29, 0.717) is 6.61 Å². The van der Waals surface area contributed by atoms with E-state index in [1.807, 2.05) is 43.3 Å². The van der Waals surface area contributed by atoms with Crippen molar-refractivity contribution in [1.29, 1.82) is 0 Å². The van der Waals surface area contributed by atoms with E-state index in [-0.39, 0.29) is 6.04 Å². The third-order valence-corrected chi connectivity index (χ3v) is 3.30. The second kappa shape index (κ2) is 6.68. The summed E-state index contributed by atoms with van der Waals surface area (Å²) in [5.74, 6) is 0.834. The number of pyridine rings is 1. The summed E-state index contributed by atoms with van der Waals surface area (Å²) in [5, 5.41) is 0. The minimum atomic E-state index is -0.0436. The first-order valence-corrected chi connectivity index (χ1v) is 7.04. The van der Waals surface area contributed by atoms with Crippen molar-refractivity contribution in [3.63, 3.8) is 0 Å². The molecule has 4 heteroatoms. The maximum atomic E-state index is 5.94. The number of ether oxygens (including phenoxy) is 1. The molecule has 1 aromatic heterocycles. The quantitative estimate of drug-likeness (QED) is 0.917. The van der Waals surface area contributed by atoms with Crippen molar-refractivity contribution in [2.75, 3.05) is 6.61 Å². The minimum absolute atomic E-state index is 0.0436. The Labute approximate surface area is 121 Å². The van der Waals surface area contributed by atoms with Crippen LogP contribution in [0.2, 0.25) is 0 Å². The van der Waals surface area contributed by atoms with Crippen LogP contribution in [0, 0.1) is 0 Å². The van der Waals surface area contributed by atoms with Crippen molar-refractivity contribution in [1.82, 2.24) is 4.98 Å². The van der Waals surface area contributed by atoms with Gasteiger partial charge in [-0.2, -0.15) is 0 Å². The highest BCUT2D eigenvalue weighted by Gasteiger charge is 2.08. The van der Waals surface area contributed by atoms with Crippen LogP contribution < -0.4 is 10.5 Å². The van der Waals surface area contributed by atoms with E-state index in [2.05, 4.69) is 20.9 Å². The van der Waals surface area contributed by atoms with Gasteiger partial charge in [0.1, 0.15) is 5.75 Å². The first kappa shape index (κ1) is 14.0. The van der Waals surface area contributed by atoms with Gasteiger partial charge in [0.25, 0.3) is 0 Å². The molecule has 2 N–H and O–H groups in total. The molecule has 0 aliphatic rings. The molecule has 0 amide bonds. The van der Waals surface area contributed by atoms with Gasteiger partial charge in [0, 0.05) is 34.4 Å². The molecule has 0 aliphatic heterocycles. The first-order valence-electron chi connectivity index (χ1n) is 6.24. The zero-order valence-corrected chi connectivity index (χ0v) is 12.4. The molecule has 2 rings (SSSR count). The molecule has 3 nitrogen and oxygen atoms in total. The van der Waals surface area contributed by atoms with Crippen LogP contribution >= 0.6 is 15.9 Å². The summed E-state index contributed by atoms with van der Waals surface area (Å²) in [6.07, 6.45) is 2.58. The molecule has 1 atom stereocenters. The summed E-state index contributed by atoms with van der Waals surface area (Å²) in [6.45, 7) is 2.54. The molecule has 0 bridgehead atoms. The van der Waals surface area contributed by atoms with Gasteiger partial charge < -0.3 is 10.5 Å². The Bertz CT molecular complexity index is 529. The lowest BCUT2D eigenvalue weighted by atomic mass is 10.1. The molecular formula is C15H17BrN2O. The molecule has 0 saturated carbocycles. The van der Waals surface area contributed by atoms with Crippen LogP contribution in [-0.4, -0.2) is 11.6 Å². The predicted octanol–water partition coefficient (Wildman–Crippen LogP) is 3.49. The molecule has 1 unspecified atom stereocenters. The molecule has 0 fully saturated rings. The number of aromatic nitrogens is 1. The monoisotopic (exact) mass is 320 g/mol. The van der Waals surface area contributed by atoms with E-state index < -0.39 is 0 Å². The number of hydrogen-bond acceptors (Lipinski definition) is 3. The maximum Gasteiger partial charge on any atom is 0.125 e. The van der Waals surface area contributed by atoms with Crippen LogP contribution in [0.25, 0.3) is 0 Å². The van der Waals surface area contributed by atoms with Gasteiger partial charge >= 0.3 is 0 Å². The van der Waals surface area contributed by atoms with Crippen LogP contribution in [0.1, 0.15) is 24.2 Å². The van der Waals surface area contributed by atoms with Crippen LogP contribution in [0.5, 0.6) is 5.75 Å². The van der Waals surface area contributed by atoms with Gasteiger partial charge in [-0.15, -0.1) is 0 Å². The Morgan fingerprint density at radius 3 is 2.84 bits per heavy atom. The third kappa shape index (κ3) is 4.04. The third-order valence-electron chi connectivity index (χ3n) is 2.81. The fraction of sp³-hybridized carbons (Fsp3) is 0.267. The summed E-state index contributed by atoms with van der Waals surface area (Å²) in [7, 11) is 0. The highest BCUT2D eigenvalue weighted by atomic mass is 79.9. The van der Waals surface area contributed by atoms with Crippen molar-refractivity contribution in [2.45, 2.75) is 19.4 Å². The number of nitrogens with two attached hydrogens (primary N) is 1. The van der Waals surface area contributed by atoms with Crippen molar-refractivity contribution in [3.8, 4) is 5.75 Å². The van der Waals surface area contributed by atoms with Crippen LogP contribution in [-0.2, 0) is 6.42 Å². The lowest BCUT2D eigenvalue weighted by molar-refractivity contribution is 0.315. The Morgan fingerprint density at radius 1 is 1.32 bits per heavy atom. The summed E-state index contributed by atoms with van der Waals surface area (Å²) < 4.78 is 6.82. The summed E-state index contributed by atoms with van der Waals surface area (Å²) >= 11 is 3.45. The van der Waals surface area contributed by atoms with E-state index in [0.717, 1.165) is 27.9 Å². The van der Waals surface area contributed by atoms with Gasteiger partial charge in [-0.05, 0) is 31.2 Å². The van der Waals surface area contributed by atoms with E-state index in [4.69, 9.17) is 10.5 Å². The lowest BCUT2D eigenvalue weighted by Crippen LogP contribution is -2.10. The molecule has 0 spiro atoms. The van der Waals surface area contributed by atoms with Crippen molar-refractivity contribution in [3.05, 3.63) is 58.3 Å². The molecule has 0 radical (unpaired) electrons. The second-order valence-corrected chi connectivity index (χ2v) is 5.31. The Morgan fingerprint density at radius 2 is 2.16 bits per heavy atom. The highest BCUT2D eigenvalue weighted by molar-refractivity contribution is 9.10. The largest absolute Gasteiger partial charge is 0.493 e. The average molecular weight is 321 g/mol. The van der Waals surface area contributed by atoms with Gasteiger partial charge in [0.05, 0.1) is 6.61 Å². The van der Waals surface area contributed by atoms with Gasteiger partial charge in [-0.3, -0.25) is 4.98 Å². The van der Waals surface area contributed by atoms with Crippen LogP contribution in [0.3, 0.4) is 0 Å². The topological polar surface area (TPSA) is 48.1 Å². The molecule has 1 heterocycles. The number of hydrogen-bond donors (Lipinski definition) is 1. The van der Waals surface area contributed by atoms with Crippen molar-refractivity contribution >= 4 is 15.9 Å². The predicted molar refractivity (Wildman–Crippen MR) is 80.2 cm³/mol. The maximum absolute atomic E-state index is 5.94. The number of halogens is 1. The van der Waals surface area contributed by atoms with Crippen LogP contribution in [0.4, 0.5) is 0 Å². The SMILES string of the molecule is CC(N)c1ccc(Br)cc1OCCc1ccccn1. The van der Waals surface area contributed by atoms with Gasteiger partial charge in [0.15, 0.2) is 0 Å². The zero-order chi connectivity index (χ0) is 13.7. The van der Waals surface area contributed by atoms with Crippen molar-refractivity contribution in [2.24, 2.45) is 5.73 Å². The van der Waals surface area contributed by atoms with E-state index in [9.17, 15) is 0 Å². The fourth-order valence-corrected chi connectivity index (χ4v) is 2.16. The number of benzene rings is 1. The normalized spacial score (nSPS) is 12.2. The summed E-state index contributed by atoms with van der Waals surface area (Å²) in [4.78, 5) is 4.27. The van der Waals surface area contributed by atoms with E-state index >= 15 is 0 Å². The Balaban J connectivity index is 2.01. The molecule has 0 saturated heterocycles. The fourth-order valence-electron chi connectivity index (χ4n) is 1.82. The van der Waals surface area contributed by atoms with Gasteiger partial charge in [0.2, 0.25) is 0 Å². The first-order chi connectivity index (χ1) is 9.16. The minimum Gasteiger partial charge on any atom is -0.493 e. The Hall–Kier alpha value is -1.39. The zero-order valence-electron chi connectivity index (χ0n) is 10.8. The standard InChI is InChI=1S/C15H17BrN2O/c1-11(17)14-6-5-12(16)10-15(14)19-9-7-13-4-2-3-8-18-13/h2-6,8,10-11H,7,9,17H2,1H3. The smallest absolute Gasteiger partial charge is 0.125 e. The Kier molecular flexibility index (Phi) is 4.93. The van der Waals surface area contributed by atoms with E-state index in [1.165, 1.54) is 0 Å². The van der Waals surface area contributed by atoms with Crippen LogP contribution in [0.15, 0.2) is 47.1 Å². The molecular weight excluding hydrogens is 304 g/mol. The molecule has 2 aromatic rings. The summed E-state index contributed by atoms with van der Waals surface area (Å²) in [5.41, 5.74) is 7.99. The molecule has 19 heavy (non-hydrogen) atoms. The van der Waals surface area contributed by atoms with Gasteiger partial charge in [-0.1, -0.05) is 28.1 Å². The lowest BCUT2D eigenvalue weighted by Gasteiger charge is -2.14. The number of rotatable bonds is 5. The number of nitrogens with zero attached hydrogens (tertiary/aromatic N) is 1. The highest BCUT2D eigenvalue weighted by Crippen LogP contribution is 2.27.